The predicted octanol–water partition coefficient (Wildman–Crippen LogP) is 4.48. The van der Waals surface area contributed by atoms with E-state index in [1.54, 1.807) is 24.6 Å². The Morgan fingerprint density at radius 2 is 2.37 bits per heavy atom. The van der Waals surface area contributed by atoms with Gasteiger partial charge in [-0.15, -0.1) is 11.3 Å². The van der Waals surface area contributed by atoms with E-state index in [9.17, 15) is 4.79 Å². The summed E-state index contributed by atoms with van der Waals surface area (Å²) < 4.78 is 5.75. The maximum atomic E-state index is 11.7. The van der Waals surface area contributed by atoms with Gasteiger partial charge in [0.2, 0.25) is 0 Å². The first-order chi connectivity index (χ1) is 9.11. The number of nitrogens with one attached hydrogen (secondary N) is 1. The van der Waals surface area contributed by atoms with Crippen LogP contribution in [0.5, 0.6) is 0 Å². The van der Waals surface area contributed by atoms with E-state index < -0.39 is 5.97 Å². The van der Waals surface area contributed by atoms with E-state index in [4.69, 9.17) is 16.3 Å². The number of hydrogen-bond acceptors (Lipinski definition) is 5. The summed E-state index contributed by atoms with van der Waals surface area (Å²) in [5, 5.41) is 4.41. The number of esters is 1. The molecule has 0 aliphatic carbocycles. The number of rotatable bonds is 4. The van der Waals surface area contributed by atoms with E-state index in [-0.39, 0.29) is 5.69 Å². The van der Waals surface area contributed by atoms with Gasteiger partial charge in [0.25, 0.3) is 0 Å². The van der Waals surface area contributed by atoms with Gasteiger partial charge in [-0.05, 0) is 41.1 Å². The average Bonchev–Trinajstić information content (AvgIpc) is 2.81. The third-order valence-electron chi connectivity index (χ3n) is 2.22. The van der Waals surface area contributed by atoms with E-state index in [2.05, 4.69) is 26.2 Å². The van der Waals surface area contributed by atoms with Crippen molar-refractivity contribution in [1.29, 1.82) is 0 Å². The first-order valence-electron chi connectivity index (χ1n) is 5.44. The highest BCUT2D eigenvalue weighted by Crippen LogP contribution is 2.31. The molecular formula is C12H10BrClN2O2S. The number of anilines is 2. The second-order valence-corrected chi connectivity index (χ2v) is 5.65. The van der Waals surface area contributed by atoms with Crippen LogP contribution < -0.4 is 5.32 Å². The normalized spacial score (nSPS) is 10.3. The van der Waals surface area contributed by atoms with Gasteiger partial charge < -0.3 is 10.1 Å². The Hall–Kier alpha value is -1.11. The number of halogens is 2. The second-order valence-electron chi connectivity index (χ2n) is 3.50. The van der Waals surface area contributed by atoms with Crippen LogP contribution in [0.2, 0.25) is 5.02 Å². The average molecular weight is 362 g/mol. The van der Waals surface area contributed by atoms with Gasteiger partial charge in [-0.25, -0.2) is 9.78 Å². The summed E-state index contributed by atoms with van der Waals surface area (Å²) in [7, 11) is 0. The van der Waals surface area contributed by atoms with Crippen LogP contribution in [-0.4, -0.2) is 17.6 Å². The summed E-state index contributed by atoms with van der Waals surface area (Å²) in [5.41, 5.74) is 2.69. The molecule has 0 atom stereocenters. The van der Waals surface area contributed by atoms with Crippen molar-refractivity contribution in [3.63, 3.8) is 0 Å². The van der Waals surface area contributed by atoms with Gasteiger partial charge >= 0.3 is 5.97 Å². The molecule has 0 bridgehead atoms. The predicted molar refractivity (Wildman–Crippen MR) is 80.5 cm³/mol. The largest absolute Gasteiger partial charge is 0.461 e. The quantitative estimate of drug-likeness (QED) is 0.816. The maximum Gasteiger partial charge on any atom is 0.360 e. The fraction of sp³-hybridized carbons (Fsp3) is 0.167. The Kier molecular flexibility index (Phi) is 4.79. The van der Waals surface area contributed by atoms with Crippen molar-refractivity contribution in [2.75, 3.05) is 11.9 Å². The fourth-order valence-electron chi connectivity index (χ4n) is 1.39. The molecule has 1 heterocycles. The van der Waals surface area contributed by atoms with Crippen LogP contribution in [0.25, 0.3) is 0 Å². The summed E-state index contributed by atoms with van der Waals surface area (Å²) in [5.74, 6) is -0.434. The van der Waals surface area contributed by atoms with Gasteiger partial charge in [0, 0.05) is 9.50 Å². The van der Waals surface area contributed by atoms with Crippen LogP contribution in [-0.2, 0) is 4.74 Å². The molecule has 7 heteroatoms. The zero-order chi connectivity index (χ0) is 13.8. The van der Waals surface area contributed by atoms with E-state index in [1.807, 2.05) is 6.07 Å². The molecule has 1 aromatic carbocycles. The topological polar surface area (TPSA) is 51.2 Å². The lowest BCUT2D eigenvalue weighted by molar-refractivity contribution is 0.0521. The first-order valence-corrected chi connectivity index (χ1v) is 7.49. The maximum absolute atomic E-state index is 11.7. The minimum Gasteiger partial charge on any atom is -0.461 e. The van der Waals surface area contributed by atoms with Crippen LogP contribution in [0.3, 0.4) is 0 Å². The molecule has 0 aliphatic rings. The molecule has 2 rings (SSSR count). The number of benzene rings is 1. The van der Waals surface area contributed by atoms with Gasteiger partial charge in [-0.3, -0.25) is 0 Å². The van der Waals surface area contributed by atoms with Crippen molar-refractivity contribution in [3.05, 3.63) is 38.9 Å². The molecule has 100 valence electrons. The van der Waals surface area contributed by atoms with E-state index in [0.717, 1.165) is 10.2 Å². The highest BCUT2D eigenvalue weighted by atomic mass is 79.9. The molecule has 0 spiro atoms. The standard InChI is InChI=1S/C12H10BrClN2O2S/c1-2-18-12(17)10-11(19-6-15-10)16-9-4-3-7(14)5-8(9)13/h3-6,16H,2H2,1H3. The lowest BCUT2D eigenvalue weighted by Gasteiger charge is -2.08. The molecule has 1 N–H and O–H groups in total. The summed E-state index contributed by atoms with van der Waals surface area (Å²) in [4.78, 5) is 15.7. The monoisotopic (exact) mass is 360 g/mol. The van der Waals surface area contributed by atoms with Gasteiger partial charge in [0.15, 0.2) is 5.69 Å². The Labute approximate surface area is 127 Å². The minimum absolute atomic E-state index is 0.286. The van der Waals surface area contributed by atoms with Crippen molar-refractivity contribution in [2.45, 2.75) is 6.92 Å². The molecule has 4 nitrogen and oxygen atoms in total. The smallest absolute Gasteiger partial charge is 0.360 e. The SMILES string of the molecule is CCOC(=O)c1ncsc1Nc1ccc(Cl)cc1Br. The molecular weight excluding hydrogens is 352 g/mol. The lowest BCUT2D eigenvalue weighted by atomic mass is 10.3. The number of carbonyl (C=O) groups excluding carboxylic acids is 1. The van der Waals surface area contributed by atoms with Gasteiger partial charge in [0.05, 0.1) is 17.8 Å². The Morgan fingerprint density at radius 1 is 1.58 bits per heavy atom. The number of nitrogens with zero attached hydrogens (tertiary/aromatic N) is 1. The lowest BCUT2D eigenvalue weighted by Crippen LogP contribution is -2.07. The molecule has 0 saturated carbocycles. The molecule has 2 aromatic rings. The van der Waals surface area contributed by atoms with Crippen molar-refractivity contribution < 1.29 is 9.53 Å². The molecule has 0 amide bonds. The summed E-state index contributed by atoms with van der Waals surface area (Å²) in [6, 6.07) is 5.36. The second kappa shape index (κ2) is 6.36. The third kappa shape index (κ3) is 3.46. The highest BCUT2D eigenvalue weighted by molar-refractivity contribution is 9.10. The molecule has 0 unspecified atom stereocenters. The zero-order valence-corrected chi connectivity index (χ0v) is 13.1. The summed E-state index contributed by atoms with van der Waals surface area (Å²) in [6.45, 7) is 2.08. The molecule has 0 fully saturated rings. The van der Waals surface area contributed by atoms with Crippen LogP contribution >= 0.6 is 38.9 Å². The molecule has 0 radical (unpaired) electrons. The van der Waals surface area contributed by atoms with E-state index in [0.29, 0.717) is 16.6 Å². The van der Waals surface area contributed by atoms with Crippen LogP contribution in [0.15, 0.2) is 28.2 Å². The Morgan fingerprint density at radius 3 is 3.05 bits per heavy atom. The first kappa shape index (κ1) is 14.3. The number of thiazole rings is 1. The number of aromatic nitrogens is 1. The number of hydrogen-bond donors (Lipinski definition) is 1. The number of ether oxygens (including phenoxy) is 1. The van der Waals surface area contributed by atoms with Crippen molar-refractivity contribution in [1.82, 2.24) is 4.98 Å². The summed E-state index contributed by atoms with van der Waals surface area (Å²) >= 11 is 10.6. The van der Waals surface area contributed by atoms with Crippen LogP contribution in [0.4, 0.5) is 10.7 Å². The van der Waals surface area contributed by atoms with Gasteiger partial charge in [-0.2, -0.15) is 0 Å². The molecule has 19 heavy (non-hydrogen) atoms. The Bertz CT molecular complexity index is 603. The highest BCUT2D eigenvalue weighted by Gasteiger charge is 2.16. The molecule has 0 aliphatic heterocycles. The molecule has 1 aromatic heterocycles. The third-order valence-corrected chi connectivity index (χ3v) is 3.85. The van der Waals surface area contributed by atoms with Crippen molar-refractivity contribution in [2.24, 2.45) is 0 Å². The van der Waals surface area contributed by atoms with Crippen LogP contribution in [0.1, 0.15) is 17.4 Å². The Balaban J connectivity index is 2.24. The van der Waals surface area contributed by atoms with E-state index >= 15 is 0 Å². The summed E-state index contributed by atoms with van der Waals surface area (Å²) in [6.07, 6.45) is 0. The van der Waals surface area contributed by atoms with Gasteiger partial charge in [0.1, 0.15) is 5.00 Å². The minimum atomic E-state index is -0.434. The van der Waals surface area contributed by atoms with E-state index in [1.165, 1.54) is 11.3 Å². The van der Waals surface area contributed by atoms with Crippen LogP contribution in [0, 0.1) is 0 Å². The fourth-order valence-corrected chi connectivity index (χ4v) is 2.85. The number of carbonyl (C=O) groups is 1. The van der Waals surface area contributed by atoms with Crippen molar-refractivity contribution >= 4 is 55.5 Å². The molecule has 0 saturated heterocycles. The van der Waals surface area contributed by atoms with Crippen molar-refractivity contribution in [3.8, 4) is 0 Å². The van der Waals surface area contributed by atoms with Gasteiger partial charge in [-0.1, -0.05) is 11.6 Å². The zero-order valence-electron chi connectivity index (χ0n) is 9.94.